The summed E-state index contributed by atoms with van der Waals surface area (Å²) in [5.41, 5.74) is 0. The molecular weight excluding hydrogens is 184 g/mol. The molecule has 0 amide bonds. The van der Waals surface area contributed by atoms with E-state index in [4.69, 9.17) is 0 Å². The highest BCUT2D eigenvalue weighted by atomic mass is 15.2. The van der Waals surface area contributed by atoms with Crippen molar-refractivity contribution in [3.63, 3.8) is 0 Å². The van der Waals surface area contributed by atoms with Crippen LogP contribution in [0.1, 0.15) is 45.4 Å². The summed E-state index contributed by atoms with van der Waals surface area (Å²) >= 11 is 0. The number of piperidine rings is 1. The summed E-state index contributed by atoms with van der Waals surface area (Å²) in [6.07, 6.45) is 8.54. The van der Waals surface area contributed by atoms with Gasteiger partial charge in [0.1, 0.15) is 0 Å². The fraction of sp³-hybridized carbons (Fsp3) is 1.00. The molecule has 0 aliphatic carbocycles. The van der Waals surface area contributed by atoms with E-state index in [0.717, 1.165) is 6.04 Å². The molecule has 2 fully saturated rings. The van der Waals surface area contributed by atoms with Crippen LogP contribution in [0.5, 0.6) is 0 Å². The lowest BCUT2D eigenvalue weighted by molar-refractivity contribution is 0.183. The predicted molar refractivity (Wildman–Crippen MR) is 65.2 cm³/mol. The van der Waals surface area contributed by atoms with Crippen LogP contribution in [0.3, 0.4) is 0 Å². The Hall–Kier alpha value is -0.0800. The van der Waals surface area contributed by atoms with E-state index in [9.17, 15) is 0 Å². The van der Waals surface area contributed by atoms with Crippen LogP contribution < -0.4 is 0 Å². The SMILES string of the molecule is CC(CCN1CCCCC1)N1CCCC1. The average molecular weight is 210 g/mol. The summed E-state index contributed by atoms with van der Waals surface area (Å²) in [4.78, 5) is 5.33. The van der Waals surface area contributed by atoms with Crippen LogP contribution in [0.2, 0.25) is 0 Å². The monoisotopic (exact) mass is 210 g/mol. The predicted octanol–water partition coefficient (Wildman–Crippen LogP) is 2.35. The third kappa shape index (κ3) is 3.46. The van der Waals surface area contributed by atoms with E-state index in [1.165, 1.54) is 71.2 Å². The Bertz CT molecular complexity index is 169. The molecule has 2 nitrogen and oxygen atoms in total. The van der Waals surface area contributed by atoms with Gasteiger partial charge in [-0.2, -0.15) is 0 Å². The van der Waals surface area contributed by atoms with Crippen LogP contribution in [0, 0.1) is 0 Å². The number of hydrogen-bond donors (Lipinski definition) is 0. The van der Waals surface area contributed by atoms with Crippen molar-refractivity contribution >= 4 is 0 Å². The summed E-state index contributed by atoms with van der Waals surface area (Å²) in [6.45, 7) is 9.15. The minimum Gasteiger partial charge on any atom is -0.303 e. The maximum absolute atomic E-state index is 2.67. The second-order valence-corrected chi connectivity index (χ2v) is 5.28. The molecule has 0 aromatic rings. The van der Waals surface area contributed by atoms with E-state index in [2.05, 4.69) is 16.7 Å². The van der Waals surface area contributed by atoms with Gasteiger partial charge in [-0.3, -0.25) is 0 Å². The van der Waals surface area contributed by atoms with E-state index in [-0.39, 0.29) is 0 Å². The van der Waals surface area contributed by atoms with Gasteiger partial charge in [0.25, 0.3) is 0 Å². The van der Waals surface area contributed by atoms with Gasteiger partial charge in [-0.1, -0.05) is 6.42 Å². The van der Waals surface area contributed by atoms with E-state index < -0.39 is 0 Å². The molecule has 88 valence electrons. The maximum atomic E-state index is 2.67. The number of nitrogens with zero attached hydrogens (tertiary/aromatic N) is 2. The van der Waals surface area contributed by atoms with Crippen LogP contribution >= 0.6 is 0 Å². The topological polar surface area (TPSA) is 6.48 Å². The first kappa shape index (κ1) is 11.4. The Balaban J connectivity index is 1.63. The number of likely N-dealkylation sites (tertiary alicyclic amines) is 2. The molecule has 2 rings (SSSR count). The van der Waals surface area contributed by atoms with E-state index in [0.29, 0.717) is 0 Å². The van der Waals surface area contributed by atoms with Gasteiger partial charge in [-0.25, -0.2) is 0 Å². The van der Waals surface area contributed by atoms with Crippen LogP contribution in [0.4, 0.5) is 0 Å². The van der Waals surface area contributed by atoms with Gasteiger partial charge in [0.05, 0.1) is 0 Å². The first-order valence-corrected chi connectivity index (χ1v) is 6.82. The van der Waals surface area contributed by atoms with Crippen molar-refractivity contribution in [2.75, 3.05) is 32.7 Å². The summed E-state index contributed by atoms with van der Waals surface area (Å²) in [5, 5.41) is 0. The van der Waals surface area contributed by atoms with E-state index >= 15 is 0 Å². The molecule has 0 aromatic heterocycles. The Morgan fingerprint density at radius 2 is 1.47 bits per heavy atom. The van der Waals surface area contributed by atoms with Crippen LogP contribution in [0.25, 0.3) is 0 Å². The molecule has 2 saturated heterocycles. The van der Waals surface area contributed by atoms with Gasteiger partial charge < -0.3 is 9.80 Å². The van der Waals surface area contributed by atoms with Gasteiger partial charge in [-0.15, -0.1) is 0 Å². The third-order valence-corrected chi connectivity index (χ3v) is 4.08. The van der Waals surface area contributed by atoms with Crippen LogP contribution in [0.15, 0.2) is 0 Å². The molecular formula is C13H26N2. The average Bonchev–Trinajstić information content (AvgIpc) is 2.81. The van der Waals surface area contributed by atoms with Crippen molar-refractivity contribution in [3.05, 3.63) is 0 Å². The minimum absolute atomic E-state index is 0.814. The highest BCUT2D eigenvalue weighted by Crippen LogP contribution is 2.15. The molecule has 2 aliphatic rings. The smallest absolute Gasteiger partial charge is 0.00791 e. The molecule has 1 atom stereocenters. The van der Waals surface area contributed by atoms with Crippen molar-refractivity contribution < 1.29 is 0 Å². The summed E-state index contributed by atoms with van der Waals surface area (Å²) < 4.78 is 0. The molecule has 0 radical (unpaired) electrons. The second kappa shape index (κ2) is 5.86. The lowest BCUT2D eigenvalue weighted by Gasteiger charge is -2.30. The highest BCUT2D eigenvalue weighted by Gasteiger charge is 2.19. The number of hydrogen-bond acceptors (Lipinski definition) is 2. The fourth-order valence-corrected chi connectivity index (χ4v) is 2.92. The van der Waals surface area contributed by atoms with Gasteiger partial charge in [0.2, 0.25) is 0 Å². The molecule has 0 aromatic carbocycles. The summed E-state index contributed by atoms with van der Waals surface area (Å²) in [7, 11) is 0. The quantitative estimate of drug-likeness (QED) is 0.703. The lowest BCUT2D eigenvalue weighted by Crippen LogP contribution is -2.36. The first-order valence-electron chi connectivity index (χ1n) is 6.82. The van der Waals surface area contributed by atoms with Crippen LogP contribution in [-0.4, -0.2) is 48.6 Å². The molecule has 2 aliphatic heterocycles. The standard InChI is InChI=1S/C13H26N2/c1-13(15-10-5-6-11-15)7-12-14-8-3-2-4-9-14/h13H,2-12H2,1H3. The first-order chi connectivity index (χ1) is 7.36. The third-order valence-electron chi connectivity index (χ3n) is 4.08. The minimum atomic E-state index is 0.814. The molecule has 0 bridgehead atoms. The Morgan fingerprint density at radius 3 is 2.13 bits per heavy atom. The Labute approximate surface area is 94.6 Å². The molecule has 0 saturated carbocycles. The van der Waals surface area contributed by atoms with Crippen molar-refractivity contribution in [1.29, 1.82) is 0 Å². The molecule has 15 heavy (non-hydrogen) atoms. The van der Waals surface area contributed by atoms with Crippen molar-refractivity contribution in [2.45, 2.75) is 51.5 Å². The van der Waals surface area contributed by atoms with Crippen molar-refractivity contribution in [2.24, 2.45) is 0 Å². The highest BCUT2D eigenvalue weighted by molar-refractivity contribution is 4.75. The fourth-order valence-electron chi connectivity index (χ4n) is 2.92. The van der Waals surface area contributed by atoms with E-state index in [1.807, 2.05) is 0 Å². The van der Waals surface area contributed by atoms with Gasteiger partial charge in [-0.05, 0) is 71.8 Å². The van der Waals surface area contributed by atoms with Crippen molar-refractivity contribution in [1.82, 2.24) is 9.80 Å². The van der Waals surface area contributed by atoms with Gasteiger partial charge in [0.15, 0.2) is 0 Å². The lowest BCUT2D eigenvalue weighted by atomic mass is 10.1. The molecule has 2 heterocycles. The largest absolute Gasteiger partial charge is 0.303 e. The van der Waals surface area contributed by atoms with Crippen LogP contribution in [-0.2, 0) is 0 Å². The molecule has 1 unspecified atom stereocenters. The zero-order chi connectivity index (χ0) is 10.5. The maximum Gasteiger partial charge on any atom is 0.00791 e. The normalized spacial score (nSPS) is 27.0. The van der Waals surface area contributed by atoms with Gasteiger partial charge in [0, 0.05) is 6.04 Å². The molecule has 0 N–H and O–H groups in total. The zero-order valence-electron chi connectivity index (χ0n) is 10.2. The Morgan fingerprint density at radius 1 is 0.867 bits per heavy atom. The Kier molecular flexibility index (Phi) is 4.45. The van der Waals surface area contributed by atoms with E-state index in [1.54, 1.807) is 0 Å². The zero-order valence-corrected chi connectivity index (χ0v) is 10.2. The molecule has 2 heteroatoms. The summed E-state index contributed by atoms with van der Waals surface area (Å²) in [5.74, 6) is 0. The number of rotatable bonds is 4. The summed E-state index contributed by atoms with van der Waals surface area (Å²) in [6, 6.07) is 0.814. The molecule has 0 spiro atoms. The second-order valence-electron chi connectivity index (χ2n) is 5.28. The van der Waals surface area contributed by atoms with Gasteiger partial charge >= 0.3 is 0 Å². The van der Waals surface area contributed by atoms with Crippen molar-refractivity contribution in [3.8, 4) is 0 Å².